The van der Waals surface area contributed by atoms with E-state index < -0.39 is 66.0 Å². The Labute approximate surface area is 263 Å². The van der Waals surface area contributed by atoms with Gasteiger partial charge in [-0.3, -0.25) is 4.84 Å². The Morgan fingerprint density at radius 3 is 2.38 bits per heavy atom. The highest BCUT2D eigenvalue weighted by Gasteiger charge is 2.57. The van der Waals surface area contributed by atoms with E-state index >= 15 is 0 Å². The second-order valence-electron chi connectivity index (χ2n) is 10.5. The van der Waals surface area contributed by atoms with Crippen LogP contribution in [0.25, 0.3) is 0 Å². The number of aryl methyl sites for hydroxylation is 1. The number of nitrogens with zero attached hydrogens (tertiary/aromatic N) is 3. The summed E-state index contributed by atoms with van der Waals surface area (Å²) < 4.78 is 104. The highest BCUT2D eigenvalue weighted by atomic mass is 19.4. The summed E-state index contributed by atoms with van der Waals surface area (Å²) in [5, 5.41) is 9.29. The zero-order valence-electron chi connectivity index (χ0n) is 25.0. The van der Waals surface area contributed by atoms with E-state index in [4.69, 9.17) is 14.4 Å². The predicted molar refractivity (Wildman–Crippen MR) is 150 cm³/mol. The third-order valence-electron chi connectivity index (χ3n) is 7.22. The summed E-state index contributed by atoms with van der Waals surface area (Å²) in [5.41, 5.74) is 0.0457. The summed E-state index contributed by atoms with van der Waals surface area (Å²) in [7, 11) is 1.34. The minimum absolute atomic E-state index is 0.0504. The number of aromatic nitrogens is 2. The lowest BCUT2D eigenvalue weighted by Gasteiger charge is -2.34. The van der Waals surface area contributed by atoms with Crippen LogP contribution >= 0.6 is 0 Å². The topological polar surface area (TPSA) is 115 Å². The molecule has 0 bridgehead atoms. The summed E-state index contributed by atoms with van der Waals surface area (Å²) in [4.78, 5) is 37.8. The quantitative estimate of drug-likeness (QED) is 0.154. The van der Waals surface area contributed by atoms with Gasteiger partial charge in [-0.2, -0.15) is 28.1 Å². The summed E-state index contributed by atoms with van der Waals surface area (Å²) in [6, 6.07) is 8.30. The van der Waals surface area contributed by atoms with Crippen molar-refractivity contribution >= 4 is 23.5 Å². The highest BCUT2D eigenvalue weighted by molar-refractivity contribution is 5.93. The number of aromatic amines is 1. The van der Waals surface area contributed by atoms with Gasteiger partial charge in [0.25, 0.3) is 5.82 Å². The third-order valence-corrected chi connectivity index (χ3v) is 7.22. The van der Waals surface area contributed by atoms with Crippen LogP contribution in [0.15, 0.2) is 54.7 Å². The Kier molecular flexibility index (Phi) is 11.1. The van der Waals surface area contributed by atoms with Crippen LogP contribution in [0.5, 0.6) is 5.75 Å². The van der Waals surface area contributed by atoms with Crippen molar-refractivity contribution in [2.45, 2.75) is 45.2 Å². The Morgan fingerprint density at radius 2 is 1.79 bits per heavy atom. The number of urea groups is 1. The number of rotatable bonds is 10. The molecule has 3 aromatic rings. The molecule has 4 rings (SSSR count). The largest absolute Gasteiger partial charge is 0.573 e. The average Bonchev–Trinajstić information content (AvgIpc) is 3.55. The second-order valence-corrected chi connectivity index (χ2v) is 10.5. The van der Waals surface area contributed by atoms with Crippen LogP contribution in [-0.2, 0) is 32.4 Å². The summed E-state index contributed by atoms with van der Waals surface area (Å²) >= 11 is 0. The van der Waals surface area contributed by atoms with Gasteiger partial charge in [-0.05, 0) is 43.1 Å². The normalized spacial score (nSPS) is 18.3. The van der Waals surface area contributed by atoms with E-state index in [2.05, 4.69) is 20.3 Å². The number of carbonyl (C=O) groups is 2. The molecule has 1 aliphatic rings. The van der Waals surface area contributed by atoms with Gasteiger partial charge < -0.3 is 14.8 Å². The van der Waals surface area contributed by atoms with Crippen LogP contribution < -0.4 is 14.7 Å². The molecule has 0 aliphatic carbocycles. The number of ether oxygens (including phenoxy) is 2. The fourth-order valence-corrected chi connectivity index (χ4v) is 4.89. The van der Waals surface area contributed by atoms with E-state index in [0.29, 0.717) is 22.7 Å². The Hall–Kier alpha value is -4.26. The van der Waals surface area contributed by atoms with Crippen LogP contribution in [0.1, 0.15) is 23.1 Å². The number of alkyl halides is 7. The fraction of sp³-hybridized carbons (Fsp3) is 0.414. The number of nitrogens with one attached hydrogen (secondary N) is 2. The first-order chi connectivity index (χ1) is 22.2. The first-order valence-electron chi connectivity index (χ1n) is 14.1. The number of halogens is 7. The molecule has 47 heavy (non-hydrogen) atoms. The summed E-state index contributed by atoms with van der Waals surface area (Å²) in [6.07, 6.45) is -10.9. The van der Waals surface area contributed by atoms with Crippen LogP contribution in [-0.4, -0.2) is 72.8 Å². The van der Waals surface area contributed by atoms with Gasteiger partial charge >= 0.3 is 24.5 Å². The molecule has 2 N–H and O–H groups in total. The van der Waals surface area contributed by atoms with Gasteiger partial charge in [0.05, 0.1) is 26.0 Å². The summed E-state index contributed by atoms with van der Waals surface area (Å²) in [5.74, 6) is -4.87. The maximum absolute atomic E-state index is 14.8. The minimum atomic E-state index is -5.60. The highest BCUT2D eigenvalue weighted by Crippen LogP contribution is 2.39. The number of hydrogen-bond acceptors (Lipinski definition) is 8. The molecule has 0 radical (unpaired) electrons. The van der Waals surface area contributed by atoms with Crippen LogP contribution in [0.2, 0.25) is 0 Å². The zero-order valence-corrected chi connectivity index (χ0v) is 25.0. The number of methoxy groups -OCH3 is 1. The van der Waals surface area contributed by atoms with E-state index in [1.165, 1.54) is 50.4 Å². The van der Waals surface area contributed by atoms with Gasteiger partial charge in [-0.25, -0.2) is 19.1 Å². The van der Waals surface area contributed by atoms with E-state index in [9.17, 15) is 40.3 Å². The van der Waals surface area contributed by atoms with E-state index in [1.54, 1.807) is 0 Å². The van der Waals surface area contributed by atoms with Crippen molar-refractivity contribution in [1.29, 1.82) is 0 Å². The number of hydroxylamine groups is 3. The Morgan fingerprint density at radius 1 is 1.06 bits per heavy atom. The third kappa shape index (κ3) is 8.56. The van der Waals surface area contributed by atoms with Crippen LogP contribution in [0.4, 0.5) is 47.0 Å². The lowest BCUT2D eigenvalue weighted by Crippen LogP contribution is -2.58. The molecule has 1 unspecified atom stereocenters. The fourth-order valence-electron chi connectivity index (χ4n) is 4.89. The summed E-state index contributed by atoms with van der Waals surface area (Å²) in [6.45, 7) is 0.335. The number of hydrogen-bond donors (Lipinski definition) is 2. The molecule has 2 heterocycles. The number of piperidine rings is 1. The zero-order chi connectivity index (χ0) is 34.4. The predicted octanol–water partition coefficient (Wildman–Crippen LogP) is 5.92. The standard InChI is InChI=1S/C29H31F7N5O6/c1-18-12-24(46-29(34,35)36)20(13-21(18)16-44-2)15-40(45-17-19-8-10-37-14-23(19)30)27(43)41(25-9-11-38-39-25,22-6-4-3-5-7-22)47-26(42)28(31,32)33/h3-7,9,11-13,19,23,37H,8,10,14-17H2,1-2H3,(H,38,39)/q+1/t19-,23-,41?/m1/s1. The molecule has 0 spiro atoms. The number of H-pyrrole nitrogens is 1. The lowest BCUT2D eigenvalue weighted by atomic mass is 9.97. The number of benzene rings is 2. The van der Waals surface area contributed by atoms with Gasteiger partial charge in [0.15, 0.2) is 5.69 Å². The molecule has 256 valence electrons. The SMILES string of the molecule is COCc1cc(CN(OC[C@H]2CCNC[C@H]2F)C(=O)[N+](OC(=O)C(F)(F)F)(c2ccccc2)c2ccn[nH]2)c(OC(F)(F)F)cc1C. The molecule has 2 aromatic carbocycles. The average molecular weight is 679 g/mol. The smallest absolute Gasteiger partial charge is 0.405 e. The molecule has 3 atom stereocenters. The van der Waals surface area contributed by atoms with Gasteiger partial charge in [0.1, 0.15) is 11.9 Å². The van der Waals surface area contributed by atoms with Crippen molar-refractivity contribution in [3.8, 4) is 5.75 Å². The Balaban J connectivity index is 1.90. The molecule has 11 nitrogen and oxygen atoms in total. The van der Waals surface area contributed by atoms with Crippen molar-refractivity contribution in [2.75, 3.05) is 26.8 Å². The molecule has 1 aliphatic heterocycles. The van der Waals surface area contributed by atoms with Crippen molar-refractivity contribution < 1.29 is 59.5 Å². The number of quaternary nitrogens is 1. The molecular formula is C29H31F7N5O6+. The van der Waals surface area contributed by atoms with Crippen LogP contribution in [0.3, 0.4) is 0 Å². The number of para-hydroxylation sites is 1. The van der Waals surface area contributed by atoms with Gasteiger partial charge in [-0.1, -0.05) is 18.2 Å². The first-order valence-corrected chi connectivity index (χ1v) is 14.1. The molecule has 1 aromatic heterocycles. The molecule has 1 fully saturated rings. The van der Waals surface area contributed by atoms with Gasteiger partial charge in [0, 0.05) is 48.0 Å². The molecule has 18 heteroatoms. The van der Waals surface area contributed by atoms with Gasteiger partial charge in [-0.15, -0.1) is 13.2 Å². The molecular weight excluding hydrogens is 647 g/mol. The van der Waals surface area contributed by atoms with Crippen molar-refractivity contribution in [2.24, 2.45) is 5.92 Å². The Bertz CT molecular complexity index is 1510. The second kappa shape index (κ2) is 14.7. The lowest BCUT2D eigenvalue weighted by molar-refractivity contribution is -0.275. The van der Waals surface area contributed by atoms with Crippen molar-refractivity contribution in [3.05, 3.63) is 71.4 Å². The van der Waals surface area contributed by atoms with Crippen LogP contribution in [0, 0.1) is 12.8 Å². The van der Waals surface area contributed by atoms with Crippen molar-refractivity contribution in [1.82, 2.24) is 25.2 Å². The molecule has 0 saturated carbocycles. The number of amides is 2. The van der Waals surface area contributed by atoms with E-state index in [-0.39, 0.29) is 30.8 Å². The maximum atomic E-state index is 14.8. The molecule has 2 amide bonds. The monoisotopic (exact) mass is 678 g/mol. The minimum Gasteiger partial charge on any atom is -0.405 e. The van der Waals surface area contributed by atoms with Crippen molar-refractivity contribution in [3.63, 3.8) is 0 Å². The first kappa shape index (κ1) is 35.6. The van der Waals surface area contributed by atoms with E-state index in [0.717, 1.165) is 18.3 Å². The van der Waals surface area contributed by atoms with E-state index in [1.807, 2.05) is 0 Å². The molecule has 1 saturated heterocycles. The maximum Gasteiger partial charge on any atom is 0.573 e. The van der Waals surface area contributed by atoms with Gasteiger partial charge in [0.2, 0.25) is 0 Å². The number of carbonyl (C=O) groups excluding carboxylic acids is 2.